The topological polar surface area (TPSA) is 71.8 Å². The molecule has 6 heteroatoms. The normalized spacial score (nSPS) is 16.7. The van der Waals surface area contributed by atoms with Crippen molar-refractivity contribution in [2.45, 2.75) is 25.9 Å². The van der Waals surface area contributed by atoms with Crippen LogP contribution in [0.5, 0.6) is 17.2 Å². The minimum atomic E-state index is -0.692. The van der Waals surface area contributed by atoms with Crippen molar-refractivity contribution < 1.29 is 19.0 Å². The number of amides is 1. The maximum Gasteiger partial charge on any atom is 0.256 e. The van der Waals surface area contributed by atoms with E-state index in [0.717, 1.165) is 0 Å². The van der Waals surface area contributed by atoms with Gasteiger partial charge in [-0.3, -0.25) is 4.79 Å². The van der Waals surface area contributed by atoms with E-state index in [-0.39, 0.29) is 11.9 Å². The molecule has 1 aromatic carbocycles. The van der Waals surface area contributed by atoms with Crippen molar-refractivity contribution in [3.05, 3.63) is 17.2 Å². The van der Waals surface area contributed by atoms with Gasteiger partial charge in [-0.1, -0.05) is 0 Å². The number of methoxy groups -OCH3 is 3. The van der Waals surface area contributed by atoms with E-state index in [0.29, 0.717) is 28.4 Å². The van der Waals surface area contributed by atoms with Crippen molar-refractivity contribution in [3.63, 3.8) is 0 Å². The van der Waals surface area contributed by atoms with E-state index in [1.54, 1.807) is 6.07 Å². The number of nitrogens with zero attached hydrogens (tertiary/aromatic N) is 2. The van der Waals surface area contributed by atoms with Gasteiger partial charge in [0.25, 0.3) is 5.91 Å². The second-order valence-corrected chi connectivity index (χ2v) is 4.94. The molecule has 0 radical (unpaired) electrons. The smallest absolute Gasteiger partial charge is 0.256 e. The van der Waals surface area contributed by atoms with Crippen molar-refractivity contribution in [2.24, 2.45) is 0 Å². The largest absolute Gasteiger partial charge is 0.493 e. The molecule has 0 fully saturated rings. The summed E-state index contributed by atoms with van der Waals surface area (Å²) in [5, 5.41) is 9.49. The lowest BCUT2D eigenvalue weighted by molar-refractivity contribution is 0.0703. The van der Waals surface area contributed by atoms with Gasteiger partial charge in [0.05, 0.1) is 33.0 Å². The molecule has 1 aromatic rings. The highest BCUT2D eigenvalue weighted by atomic mass is 16.5. The van der Waals surface area contributed by atoms with Gasteiger partial charge in [-0.15, -0.1) is 0 Å². The molecule has 21 heavy (non-hydrogen) atoms. The van der Waals surface area contributed by atoms with Crippen LogP contribution in [0.1, 0.15) is 35.8 Å². The Bertz CT molecular complexity index is 619. The number of carbonyl (C=O) groups excluding carboxylic acids is 1. The molecular weight excluding hydrogens is 272 g/mol. The second kappa shape index (κ2) is 5.52. The standard InChI is InChI=1S/C15H18N2O4/c1-8(2)17-10(7-16)12-9(15(17)18)6-11(19-3)13(20-4)14(12)21-5/h6,8,10H,1-5H3. The second-order valence-electron chi connectivity index (χ2n) is 4.94. The zero-order chi connectivity index (χ0) is 15.7. The van der Waals surface area contributed by atoms with Crippen LogP contribution in [-0.2, 0) is 0 Å². The lowest BCUT2D eigenvalue weighted by Gasteiger charge is -2.24. The molecule has 0 N–H and O–H groups in total. The molecule has 1 amide bonds. The van der Waals surface area contributed by atoms with Crippen LogP contribution in [0.3, 0.4) is 0 Å². The Kier molecular flexibility index (Phi) is 3.94. The SMILES string of the molecule is COc1cc2c(c(OC)c1OC)C(C#N)N(C(C)C)C2=O. The summed E-state index contributed by atoms with van der Waals surface area (Å²) < 4.78 is 16.0. The van der Waals surface area contributed by atoms with Crippen LogP contribution < -0.4 is 14.2 Å². The molecule has 0 spiro atoms. The Morgan fingerprint density at radius 2 is 1.81 bits per heavy atom. The first-order chi connectivity index (χ1) is 10.0. The summed E-state index contributed by atoms with van der Waals surface area (Å²) >= 11 is 0. The summed E-state index contributed by atoms with van der Waals surface area (Å²) in [4.78, 5) is 14.1. The molecule has 0 bridgehead atoms. The monoisotopic (exact) mass is 290 g/mol. The molecule has 1 aliphatic heterocycles. The lowest BCUT2D eigenvalue weighted by atomic mass is 10.0. The van der Waals surface area contributed by atoms with E-state index in [1.165, 1.54) is 26.2 Å². The maximum absolute atomic E-state index is 12.6. The van der Waals surface area contributed by atoms with Gasteiger partial charge in [0.15, 0.2) is 11.5 Å². The fourth-order valence-electron chi connectivity index (χ4n) is 2.68. The summed E-state index contributed by atoms with van der Waals surface area (Å²) in [5.74, 6) is 0.960. The molecule has 6 nitrogen and oxygen atoms in total. The third kappa shape index (κ3) is 2.05. The average Bonchev–Trinajstić information content (AvgIpc) is 2.77. The Morgan fingerprint density at radius 3 is 2.24 bits per heavy atom. The zero-order valence-electron chi connectivity index (χ0n) is 12.8. The van der Waals surface area contributed by atoms with Crippen LogP contribution in [0.2, 0.25) is 0 Å². The molecular formula is C15H18N2O4. The van der Waals surface area contributed by atoms with Gasteiger partial charge < -0.3 is 19.1 Å². The van der Waals surface area contributed by atoms with Crippen LogP contribution in [0.4, 0.5) is 0 Å². The molecule has 0 aliphatic carbocycles. The van der Waals surface area contributed by atoms with E-state index in [9.17, 15) is 10.1 Å². The predicted molar refractivity (Wildman–Crippen MR) is 75.8 cm³/mol. The van der Waals surface area contributed by atoms with E-state index in [4.69, 9.17) is 14.2 Å². The Morgan fingerprint density at radius 1 is 1.19 bits per heavy atom. The Labute approximate surface area is 123 Å². The minimum Gasteiger partial charge on any atom is -0.493 e. The number of carbonyl (C=O) groups is 1. The number of hydrogen-bond donors (Lipinski definition) is 0. The van der Waals surface area contributed by atoms with Crippen LogP contribution >= 0.6 is 0 Å². The minimum absolute atomic E-state index is 0.101. The molecule has 1 aliphatic rings. The van der Waals surface area contributed by atoms with Crippen molar-refractivity contribution >= 4 is 5.91 Å². The highest BCUT2D eigenvalue weighted by molar-refractivity contribution is 6.02. The quantitative estimate of drug-likeness (QED) is 0.849. The van der Waals surface area contributed by atoms with Gasteiger partial charge in [-0.25, -0.2) is 0 Å². The summed E-state index contributed by atoms with van der Waals surface area (Å²) in [7, 11) is 4.46. The fourth-order valence-corrected chi connectivity index (χ4v) is 2.68. The number of hydrogen-bond acceptors (Lipinski definition) is 5. The van der Waals surface area contributed by atoms with Crippen molar-refractivity contribution in [1.29, 1.82) is 5.26 Å². The molecule has 112 valence electrons. The van der Waals surface area contributed by atoms with Crippen LogP contribution in [-0.4, -0.2) is 38.2 Å². The Hall–Kier alpha value is -2.42. The van der Waals surface area contributed by atoms with Crippen LogP contribution in [0, 0.1) is 11.3 Å². The third-order valence-electron chi connectivity index (χ3n) is 3.56. The predicted octanol–water partition coefficient (Wildman–Crippen LogP) is 2.14. The first kappa shape index (κ1) is 15.0. The molecule has 0 saturated heterocycles. The van der Waals surface area contributed by atoms with Gasteiger partial charge in [0.2, 0.25) is 5.75 Å². The highest BCUT2D eigenvalue weighted by Crippen LogP contribution is 2.49. The molecule has 1 unspecified atom stereocenters. The van der Waals surface area contributed by atoms with Gasteiger partial charge >= 0.3 is 0 Å². The third-order valence-corrected chi connectivity index (χ3v) is 3.56. The summed E-state index contributed by atoms with van der Waals surface area (Å²) in [6, 6.07) is 2.98. The lowest BCUT2D eigenvalue weighted by Crippen LogP contribution is -2.33. The molecule has 1 atom stereocenters. The molecule has 1 heterocycles. The van der Waals surface area contributed by atoms with Gasteiger partial charge in [-0.05, 0) is 19.9 Å². The van der Waals surface area contributed by atoms with Crippen molar-refractivity contribution in [1.82, 2.24) is 4.90 Å². The van der Waals surface area contributed by atoms with E-state index in [1.807, 2.05) is 13.8 Å². The van der Waals surface area contributed by atoms with Crippen molar-refractivity contribution in [3.8, 4) is 23.3 Å². The van der Waals surface area contributed by atoms with Gasteiger partial charge in [0, 0.05) is 11.6 Å². The van der Waals surface area contributed by atoms with E-state index in [2.05, 4.69) is 6.07 Å². The van der Waals surface area contributed by atoms with Crippen LogP contribution in [0.15, 0.2) is 6.07 Å². The number of fused-ring (bicyclic) bond motifs is 1. The maximum atomic E-state index is 12.6. The first-order valence-electron chi connectivity index (χ1n) is 6.56. The highest BCUT2D eigenvalue weighted by Gasteiger charge is 2.42. The molecule has 0 saturated carbocycles. The summed E-state index contributed by atoms with van der Waals surface area (Å²) in [6.45, 7) is 3.74. The van der Waals surface area contributed by atoms with Gasteiger partial charge in [-0.2, -0.15) is 5.26 Å². The summed E-state index contributed by atoms with van der Waals surface area (Å²) in [6.07, 6.45) is 0. The fraction of sp³-hybridized carbons (Fsp3) is 0.467. The van der Waals surface area contributed by atoms with E-state index >= 15 is 0 Å². The number of benzene rings is 1. The van der Waals surface area contributed by atoms with Crippen LogP contribution in [0.25, 0.3) is 0 Å². The average molecular weight is 290 g/mol. The number of rotatable bonds is 4. The van der Waals surface area contributed by atoms with Gasteiger partial charge in [0.1, 0.15) is 6.04 Å². The number of nitriles is 1. The Balaban J connectivity index is 2.77. The summed E-state index contributed by atoms with van der Waals surface area (Å²) in [5.41, 5.74) is 0.959. The molecule has 0 aromatic heterocycles. The van der Waals surface area contributed by atoms with Crippen molar-refractivity contribution in [2.75, 3.05) is 21.3 Å². The zero-order valence-corrected chi connectivity index (χ0v) is 12.8. The number of ether oxygens (including phenoxy) is 3. The van der Waals surface area contributed by atoms with E-state index < -0.39 is 6.04 Å². The molecule has 2 rings (SSSR count). The first-order valence-corrected chi connectivity index (χ1v) is 6.56.